The van der Waals surface area contributed by atoms with Crippen molar-refractivity contribution in [3.05, 3.63) is 36.0 Å². The number of hydrogen-bond donors (Lipinski definition) is 0. The highest BCUT2D eigenvalue weighted by Gasteiger charge is 1.85. The van der Waals surface area contributed by atoms with Crippen LogP contribution in [0.2, 0.25) is 0 Å². The van der Waals surface area contributed by atoms with Gasteiger partial charge in [-0.05, 0) is 52.9 Å². The first-order valence-electron chi connectivity index (χ1n) is 5.55. The Labute approximate surface area is 89.4 Å². The van der Waals surface area contributed by atoms with E-state index in [2.05, 4.69) is 45.6 Å². The Hall–Kier alpha value is -0.780. The molecule has 0 unspecified atom stereocenters. The highest BCUT2D eigenvalue weighted by atomic mass is 13.9. The van der Waals surface area contributed by atoms with Gasteiger partial charge in [0.1, 0.15) is 0 Å². The van der Waals surface area contributed by atoms with Crippen molar-refractivity contribution in [3.8, 4) is 0 Å². The van der Waals surface area contributed by atoms with Crippen LogP contribution in [0.4, 0.5) is 0 Å². The van der Waals surface area contributed by atoms with Crippen LogP contribution in [0.5, 0.6) is 0 Å². The van der Waals surface area contributed by atoms with Gasteiger partial charge in [0.25, 0.3) is 0 Å². The summed E-state index contributed by atoms with van der Waals surface area (Å²) in [5.74, 6) is 0. The van der Waals surface area contributed by atoms with E-state index in [1.54, 1.807) is 0 Å². The van der Waals surface area contributed by atoms with Gasteiger partial charge in [0.2, 0.25) is 0 Å². The summed E-state index contributed by atoms with van der Waals surface area (Å²) >= 11 is 0. The first kappa shape index (κ1) is 13.2. The van der Waals surface area contributed by atoms with Crippen LogP contribution in [0.25, 0.3) is 0 Å². The van der Waals surface area contributed by atoms with Gasteiger partial charge >= 0.3 is 0 Å². The molecule has 0 spiro atoms. The Morgan fingerprint density at radius 2 is 1.64 bits per heavy atom. The highest BCUT2D eigenvalue weighted by molar-refractivity contribution is 4.95. The fourth-order valence-electron chi connectivity index (χ4n) is 1.23. The lowest BCUT2D eigenvalue weighted by atomic mass is 10.1. The summed E-state index contributed by atoms with van der Waals surface area (Å²) in [4.78, 5) is 0. The maximum Gasteiger partial charge on any atom is -0.0314 e. The molecular weight excluding hydrogens is 168 g/mol. The molecule has 80 valence electrons. The molecule has 0 atom stereocenters. The van der Waals surface area contributed by atoms with Gasteiger partial charge < -0.3 is 0 Å². The zero-order valence-electron chi connectivity index (χ0n) is 9.97. The van der Waals surface area contributed by atoms with E-state index >= 15 is 0 Å². The van der Waals surface area contributed by atoms with Gasteiger partial charge in [-0.25, -0.2) is 0 Å². The average molecular weight is 192 g/mol. The normalized spacial score (nSPS) is 10.5. The van der Waals surface area contributed by atoms with Crippen LogP contribution in [0.15, 0.2) is 36.0 Å². The molecule has 0 saturated heterocycles. The Balaban J connectivity index is 3.28. The monoisotopic (exact) mass is 192 g/mol. The summed E-state index contributed by atoms with van der Waals surface area (Å²) in [6.45, 7) is 10.3. The summed E-state index contributed by atoms with van der Waals surface area (Å²) in [6, 6.07) is 0. The summed E-state index contributed by atoms with van der Waals surface area (Å²) < 4.78 is 0. The third-order valence-electron chi connectivity index (χ3n) is 2.03. The molecule has 0 aliphatic heterocycles. The van der Waals surface area contributed by atoms with Gasteiger partial charge in [0, 0.05) is 0 Å². The number of allylic oxidation sites excluding steroid dienone is 5. The molecule has 0 aliphatic carbocycles. The SMILES string of the molecule is C=C(C)CCC/C=C/CCC=C(C)C. The predicted molar refractivity (Wildman–Crippen MR) is 66.5 cm³/mol. The van der Waals surface area contributed by atoms with Gasteiger partial charge in [0.05, 0.1) is 0 Å². The summed E-state index contributed by atoms with van der Waals surface area (Å²) in [6.07, 6.45) is 12.8. The van der Waals surface area contributed by atoms with Crippen molar-refractivity contribution in [3.63, 3.8) is 0 Å². The van der Waals surface area contributed by atoms with Crippen molar-refractivity contribution in [1.29, 1.82) is 0 Å². The molecule has 0 N–H and O–H groups in total. The minimum atomic E-state index is 1.16. The van der Waals surface area contributed by atoms with Crippen molar-refractivity contribution < 1.29 is 0 Å². The van der Waals surface area contributed by atoms with E-state index in [4.69, 9.17) is 0 Å². The molecule has 0 nitrogen and oxygen atoms in total. The minimum Gasteiger partial charge on any atom is -0.100 e. The maximum atomic E-state index is 3.89. The zero-order chi connectivity index (χ0) is 10.8. The first-order valence-corrected chi connectivity index (χ1v) is 5.55. The van der Waals surface area contributed by atoms with Gasteiger partial charge in [0.15, 0.2) is 0 Å². The standard InChI is InChI=1S/C14H24/c1-13(2)11-9-7-5-6-8-10-12-14(3)4/h5-6,12H,1,7-11H2,2-4H3/b6-5+. The second kappa shape index (κ2) is 8.80. The predicted octanol–water partition coefficient (Wildman–Crippen LogP) is 5.04. The first-order chi connectivity index (χ1) is 6.63. The van der Waals surface area contributed by atoms with Crippen LogP contribution in [-0.4, -0.2) is 0 Å². The summed E-state index contributed by atoms with van der Waals surface area (Å²) in [5.41, 5.74) is 2.71. The number of hydrogen-bond acceptors (Lipinski definition) is 0. The van der Waals surface area contributed by atoms with Crippen molar-refractivity contribution in [1.82, 2.24) is 0 Å². The molecule has 14 heavy (non-hydrogen) atoms. The molecular formula is C14H24. The van der Waals surface area contributed by atoms with E-state index in [1.165, 1.54) is 36.8 Å². The zero-order valence-corrected chi connectivity index (χ0v) is 9.97. The van der Waals surface area contributed by atoms with Gasteiger partial charge in [-0.3, -0.25) is 0 Å². The Bertz CT molecular complexity index is 202. The molecule has 0 aliphatic rings. The molecule has 0 heteroatoms. The van der Waals surface area contributed by atoms with Crippen LogP contribution in [0.1, 0.15) is 52.9 Å². The molecule has 0 aromatic heterocycles. The molecule has 0 aromatic rings. The Morgan fingerprint density at radius 3 is 2.21 bits per heavy atom. The molecule has 0 bridgehead atoms. The van der Waals surface area contributed by atoms with E-state index in [0.717, 1.165) is 6.42 Å². The largest absolute Gasteiger partial charge is 0.100 e. The van der Waals surface area contributed by atoms with E-state index in [9.17, 15) is 0 Å². The Kier molecular flexibility index (Phi) is 8.31. The van der Waals surface area contributed by atoms with Crippen molar-refractivity contribution in [2.45, 2.75) is 52.9 Å². The molecule has 0 saturated carbocycles. The second-order valence-electron chi connectivity index (χ2n) is 4.18. The fourth-order valence-corrected chi connectivity index (χ4v) is 1.23. The molecule has 0 amide bonds. The topological polar surface area (TPSA) is 0 Å². The van der Waals surface area contributed by atoms with Crippen LogP contribution < -0.4 is 0 Å². The third-order valence-corrected chi connectivity index (χ3v) is 2.03. The second-order valence-corrected chi connectivity index (χ2v) is 4.18. The third kappa shape index (κ3) is 11.2. The molecule has 0 heterocycles. The molecule has 0 fully saturated rings. The van der Waals surface area contributed by atoms with Crippen LogP contribution in [-0.2, 0) is 0 Å². The lowest BCUT2D eigenvalue weighted by Crippen LogP contribution is -1.74. The average Bonchev–Trinajstić information content (AvgIpc) is 2.08. The van der Waals surface area contributed by atoms with Crippen molar-refractivity contribution in [2.75, 3.05) is 0 Å². The van der Waals surface area contributed by atoms with E-state index in [1.807, 2.05) is 0 Å². The van der Waals surface area contributed by atoms with Gasteiger partial charge in [-0.2, -0.15) is 0 Å². The van der Waals surface area contributed by atoms with Crippen LogP contribution >= 0.6 is 0 Å². The van der Waals surface area contributed by atoms with Gasteiger partial charge in [-0.15, -0.1) is 6.58 Å². The van der Waals surface area contributed by atoms with Gasteiger partial charge in [-0.1, -0.05) is 29.4 Å². The Morgan fingerprint density at radius 1 is 1.00 bits per heavy atom. The minimum absolute atomic E-state index is 1.16. The molecule has 0 rings (SSSR count). The number of unbranched alkanes of at least 4 members (excludes halogenated alkanes) is 2. The molecule has 0 radical (unpaired) electrons. The summed E-state index contributed by atoms with van der Waals surface area (Å²) in [5, 5.41) is 0. The van der Waals surface area contributed by atoms with E-state index < -0.39 is 0 Å². The van der Waals surface area contributed by atoms with Crippen molar-refractivity contribution >= 4 is 0 Å². The maximum absolute atomic E-state index is 3.89. The highest BCUT2D eigenvalue weighted by Crippen LogP contribution is 2.05. The fraction of sp³-hybridized carbons (Fsp3) is 0.571. The van der Waals surface area contributed by atoms with E-state index in [0.29, 0.717) is 0 Å². The lowest BCUT2D eigenvalue weighted by molar-refractivity contribution is 0.831. The number of rotatable bonds is 7. The summed E-state index contributed by atoms with van der Waals surface area (Å²) in [7, 11) is 0. The quantitative estimate of drug-likeness (QED) is 0.392. The van der Waals surface area contributed by atoms with Crippen LogP contribution in [0.3, 0.4) is 0 Å². The van der Waals surface area contributed by atoms with Crippen molar-refractivity contribution in [2.24, 2.45) is 0 Å². The van der Waals surface area contributed by atoms with E-state index in [-0.39, 0.29) is 0 Å². The lowest BCUT2D eigenvalue weighted by Gasteiger charge is -1.95. The molecule has 0 aromatic carbocycles. The van der Waals surface area contributed by atoms with Crippen LogP contribution in [0, 0.1) is 0 Å². The smallest absolute Gasteiger partial charge is 0.0314 e.